The minimum Gasteiger partial charge on any atom is -0.412 e. The number of nitrogens with zero attached hydrogens (tertiary/aromatic N) is 1. The van der Waals surface area contributed by atoms with Crippen LogP contribution in [-0.2, 0) is 0 Å². The molecular weight excluding hydrogens is 314 g/mol. The number of hydrogen-bond acceptors (Lipinski definition) is 3. The predicted octanol–water partition coefficient (Wildman–Crippen LogP) is -3.09. The van der Waals surface area contributed by atoms with Gasteiger partial charge in [0.05, 0.1) is 5.09 Å². The Morgan fingerprint density at radius 2 is 1.00 bits per heavy atom. The van der Waals surface area contributed by atoms with Gasteiger partial charge in [0.1, 0.15) is 0 Å². The molecule has 0 amide bonds. The van der Waals surface area contributed by atoms with E-state index in [0.29, 0.717) is 0 Å². The summed E-state index contributed by atoms with van der Waals surface area (Å²) in [5, 5.41) is 14.8. The zero-order chi connectivity index (χ0) is 3.58. The third-order valence-electron chi connectivity index (χ3n) is 0. The van der Waals surface area contributed by atoms with E-state index in [-0.39, 0.29) is 43.7 Å². The van der Waals surface area contributed by atoms with Crippen molar-refractivity contribution >= 4 is 27.3 Å². The third kappa shape index (κ3) is 34800000. The average Bonchev–Trinajstić information content (AvgIpc) is 0.811. The molecule has 0 aromatic heterocycles. The molecule has 7 nitrogen and oxygen atoms in total. The van der Waals surface area contributed by atoms with Crippen molar-refractivity contribution in [1.29, 1.82) is 0 Å². The molecule has 0 atom stereocenters. The number of hydrogen-bond donors (Lipinski definition) is 0. The fraction of sp³-hybridized carbons (Fsp3) is 0. The maximum atomic E-state index is 8.25. The van der Waals surface area contributed by atoms with Crippen LogP contribution < -0.4 is 0 Å². The van der Waals surface area contributed by atoms with Crippen LogP contribution in [0.2, 0.25) is 0 Å². The van der Waals surface area contributed by atoms with Crippen LogP contribution in [0.25, 0.3) is 0 Å². The Kier molecular flexibility index (Phi) is 152. The fourth-order valence-corrected chi connectivity index (χ4v) is 0. The monoisotopic (exact) mass is 321 g/mol. The summed E-state index contributed by atoms with van der Waals surface area (Å²) in [6.07, 6.45) is 0. The molecule has 0 aromatic rings. The molecule has 0 saturated carbocycles. The van der Waals surface area contributed by atoms with E-state index in [1.54, 1.807) is 0 Å². The minimum atomic E-state index is -1.75. The average molecular weight is 320 g/mol. The van der Waals surface area contributed by atoms with E-state index in [1.165, 1.54) is 0 Å². The third-order valence-corrected chi connectivity index (χ3v) is 0. The van der Waals surface area contributed by atoms with Crippen LogP contribution in [0.1, 0.15) is 0 Å². The Morgan fingerprint density at radius 3 is 1.00 bits per heavy atom. The fourth-order valence-electron chi connectivity index (χ4n) is 0. The number of rotatable bonds is 0. The molecule has 48 valence electrons. The second-order valence-electron chi connectivity index (χ2n) is 0.224. The van der Waals surface area contributed by atoms with Crippen molar-refractivity contribution < 1.29 is 21.5 Å². The van der Waals surface area contributed by atoms with Crippen LogP contribution in [0.15, 0.2) is 0 Å². The molecule has 0 bridgehead atoms. The van der Waals surface area contributed by atoms with Crippen molar-refractivity contribution in [2.75, 3.05) is 0 Å². The van der Waals surface area contributed by atoms with Crippen LogP contribution in [0, 0.1) is 15.3 Å². The van der Waals surface area contributed by atoms with Crippen molar-refractivity contribution in [2.24, 2.45) is 0 Å². The van der Waals surface area contributed by atoms with E-state index in [9.17, 15) is 0 Å². The summed E-state index contributed by atoms with van der Waals surface area (Å²) in [4.78, 5) is 8.25. The van der Waals surface area contributed by atoms with Crippen molar-refractivity contribution in [3.8, 4) is 0 Å². The Balaban J connectivity index is -0.00000000750. The van der Waals surface area contributed by atoms with E-state index in [2.05, 4.69) is 0 Å². The van der Waals surface area contributed by atoms with Gasteiger partial charge in [-0.1, -0.05) is 0 Å². The molecule has 0 saturated heterocycles. The van der Waals surface area contributed by atoms with Crippen LogP contribution in [0.3, 0.4) is 0 Å². The predicted molar refractivity (Wildman–Crippen MR) is 27.0 cm³/mol. The van der Waals surface area contributed by atoms with Gasteiger partial charge in [0.15, 0.2) is 0 Å². The van der Waals surface area contributed by atoms with Gasteiger partial charge in [0.2, 0.25) is 0 Å². The van der Waals surface area contributed by atoms with Gasteiger partial charge in [-0.3, -0.25) is 0 Å². The normalized spacial score (nSPS) is 3.00. The Labute approximate surface area is 64.5 Å². The molecule has 6 N–H and O–H groups in total. The molecule has 0 spiro atoms. The molecule has 0 radical (unpaired) electrons. The summed E-state index contributed by atoms with van der Waals surface area (Å²) < 4.78 is 0. The first-order chi connectivity index (χ1) is 1.73. The summed E-state index contributed by atoms with van der Waals surface area (Å²) in [6, 6.07) is 0. The van der Waals surface area contributed by atoms with Crippen molar-refractivity contribution in [2.45, 2.75) is 0 Å². The van der Waals surface area contributed by atoms with Crippen molar-refractivity contribution in [1.82, 2.24) is 0 Å². The first-order valence-electron chi connectivity index (χ1n) is 0.548. The zero-order valence-corrected chi connectivity index (χ0v) is 8.24. The van der Waals surface area contributed by atoms with Gasteiger partial charge in [0, 0.05) is 0 Å². The Bertz CT molecular complexity index is 31.5. The molecule has 0 rings (SSSR count). The molecule has 0 fully saturated rings. The molecule has 0 aliphatic carbocycles. The van der Waals surface area contributed by atoms with E-state index in [4.69, 9.17) is 15.3 Å². The Hall–Kier alpha value is 0.00208. The van der Waals surface area contributed by atoms with E-state index in [0.717, 1.165) is 0 Å². The maximum Gasteiger partial charge on any atom is 3.00 e. The van der Waals surface area contributed by atoms with Gasteiger partial charge in [0.25, 0.3) is 0 Å². The summed E-state index contributed by atoms with van der Waals surface area (Å²) in [5.41, 5.74) is 0. The van der Waals surface area contributed by atoms with E-state index in [1.807, 2.05) is 0 Å². The maximum absolute atomic E-state index is 8.25. The molecule has 0 heterocycles. The molecular formula is H6NO6Tl+2. The molecule has 0 aliphatic heterocycles. The molecule has 0 aromatic carbocycles. The van der Waals surface area contributed by atoms with Gasteiger partial charge in [-0.2, -0.15) is 0 Å². The topological polar surface area (TPSA) is 161 Å². The first-order valence-corrected chi connectivity index (χ1v) is 0.548. The van der Waals surface area contributed by atoms with E-state index >= 15 is 0 Å². The molecule has 0 aliphatic rings. The van der Waals surface area contributed by atoms with Gasteiger partial charge < -0.3 is 31.8 Å². The van der Waals surface area contributed by atoms with Gasteiger partial charge in [-0.15, -0.1) is 0 Å². The van der Waals surface area contributed by atoms with E-state index < -0.39 is 5.09 Å². The minimum absolute atomic E-state index is 0. The van der Waals surface area contributed by atoms with Gasteiger partial charge >= 0.3 is 27.3 Å². The summed E-state index contributed by atoms with van der Waals surface area (Å²) in [7, 11) is 0. The van der Waals surface area contributed by atoms with Crippen LogP contribution in [0.4, 0.5) is 0 Å². The second kappa shape index (κ2) is 28.0. The quantitative estimate of drug-likeness (QED) is 0.263. The zero-order valence-electron chi connectivity index (χ0n) is 3.75. The largest absolute Gasteiger partial charge is 3.00 e. The summed E-state index contributed by atoms with van der Waals surface area (Å²) in [6.45, 7) is 0. The SMILES string of the molecule is O.O.O.O=[N+]([O-])[O-].[Tl+3]. The van der Waals surface area contributed by atoms with Crippen LogP contribution in [-0.4, -0.2) is 48.8 Å². The standard InChI is InChI=1S/NO3.3H2O.Tl/c2-1(3)4;;;;/h;3*1H2;/q-1;;;;+3. The van der Waals surface area contributed by atoms with Crippen molar-refractivity contribution in [3.05, 3.63) is 15.3 Å². The summed E-state index contributed by atoms with van der Waals surface area (Å²) >= 11 is 0. The second-order valence-corrected chi connectivity index (χ2v) is 0.224. The first kappa shape index (κ1) is 43.5. The molecule has 8 heavy (non-hydrogen) atoms. The van der Waals surface area contributed by atoms with Crippen LogP contribution >= 0.6 is 0 Å². The Morgan fingerprint density at radius 1 is 1.00 bits per heavy atom. The van der Waals surface area contributed by atoms with Crippen molar-refractivity contribution in [3.63, 3.8) is 0 Å². The molecule has 0 unspecified atom stereocenters. The van der Waals surface area contributed by atoms with Crippen LogP contribution in [0.5, 0.6) is 0 Å². The summed E-state index contributed by atoms with van der Waals surface area (Å²) in [5.74, 6) is 0. The van der Waals surface area contributed by atoms with Gasteiger partial charge in [-0.25, -0.2) is 0 Å². The molecule has 8 heteroatoms. The smallest absolute Gasteiger partial charge is 0.412 e. The van der Waals surface area contributed by atoms with Gasteiger partial charge in [-0.05, 0) is 0 Å².